The van der Waals surface area contributed by atoms with Gasteiger partial charge in [-0.1, -0.05) is 29.8 Å². The van der Waals surface area contributed by atoms with Crippen molar-refractivity contribution >= 4 is 46.0 Å². The molecule has 1 atom stereocenters. The lowest BCUT2D eigenvalue weighted by Crippen LogP contribution is -2.40. The number of nitrogens with one attached hydrogen (secondary N) is 1. The highest BCUT2D eigenvalue weighted by Gasteiger charge is 2.37. The first kappa shape index (κ1) is 23.2. The third kappa shape index (κ3) is 3.75. The number of aryl methyl sites for hydroxylation is 1. The van der Waals surface area contributed by atoms with Gasteiger partial charge >= 0.3 is 0 Å². The Morgan fingerprint density at radius 3 is 2.73 bits per heavy atom. The fraction of sp³-hybridized carbons (Fsp3) is 0.269. The van der Waals surface area contributed by atoms with E-state index in [2.05, 4.69) is 15.3 Å². The average molecular weight is 517 g/mol. The summed E-state index contributed by atoms with van der Waals surface area (Å²) in [6.07, 6.45) is 1.53. The number of aromatic nitrogens is 4. The van der Waals surface area contributed by atoms with Crippen LogP contribution in [0.15, 0.2) is 47.3 Å². The van der Waals surface area contributed by atoms with Crippen LogP contribution in [0.2, 0.25) is 5.02 Å². The molecule has 0 unspecified atom stereocenters. The maximum Gasteiger partial charge on any atom is 0.267 e. The van der Waals surface area contributed by atoms with Gasteiger partial charge in [-0.05, 0) is 49.6 Å². The van der Waals surface area contributed by atoms with E-state index in [1.807, 2.05) is 36.1 Å². The Labute approximate surface area is 217 Å². The summed E-state index contributed by atoms with van der Waals surface area (Å²) in [5.41, 5.74) is 8.41. The van der Waals surface area contributed by atoms with Gasteiger partial charge in [0.15, 0.2) is 0 Å². The Hall–Kier alpha value is -4.18. The van der Waals surface area contributed by atoms with Crippen LogP contribution in [0, 0.1) is 6.92 Å². The Morgan fingerprint density at radius 2 is 1.92 bits per heavy atom. The van der Waals surface area contributed by atoms with Gasteiger partial charge in [0.2, 0.25) is 5.95 Å². The van der Waals surface area contributed by atoms with Crippen LogP contribution < -0.4 is 21.5 Å². The molecular formula is C26H25ClN8O2. The molecule has 0 radical (unpaired) electrons. The molecule has 11 heteroatoms. The van der Waals surface area contributed by atoms with E-state index >= 15 is 0 Å². The van der Waals surface area contributed by atoms with Crippen LogP contribution in [0.3, 0.4) is 0 Å². The third-order valence-electron chi connectivity index (χ3n) is 6.91. The topological polar surface area (TPSA) is 122 Å². The molecule has 3 N–H and O–H groups in total. The summed E-state index contributed by atoms with van der Waals surface area (Å²) >= 11 is 6.47. The van der Waals surface area contributed by atoms with Crippen LogP contribution in [0.1, 0.15) is 40.6 Å². The molecule has 188 valence electrons. The van der Waals surface area contributed by atoms with Crippen molar-refractivity contribution in [3.8, 4) is 5.69 Å². The van der Waals surface area contributed by atoms with Gasteiger partial charge in [0, 0.05) is 13.6 Å². The Morgan fingerprint density at radius 1 is 1.11 bits per heavy atom. The molecule has 37 heavy (non-hydrogen) atoms. The molecule has 1 fully saturated rings. The van der Waals surface area contributed by atoms with Crippen molar-refractivity contribution in [2.24, 2.45) is 0 Å². The number of nitrogens with two attached hydrogens (primary N) is 1. The molecule has 2 aromatic carbocycles. The maximum atomic E-state index is 14.0. The molecule has 0 bridgehead atoms. The summed E-state index contributed by atoms with van der Waals surface area (Å²) in [5, 5.41) is 3.86. The second-order valence-electron chi connectivity index (χ2n) is 9.40. The molecule has 4 heterocycles. The zero-order valence-electron chi connectivity index (χ0n) is 20.4. The molecule has 6 rings (SSSR count). The average Bonchev–Trinajstić information content (AvgIpc) is 3.35. The number of rotatable bonds is 3. The highest BCUT2D eigenvalue weighted by atomic mass is 35.5. The van der Waals surface area contributed by atoms with Crippen molar-refractivity contribution in [3.63, 3.8) is 0 Å². The van der Waals surface area contributed by atoms with Gasteiger partial charge in [-0.15, -0.1) is 0 Å². The number of nitrogen functional groups attached to an aromatic ring is 1. The number of amides is 1. The van der Waals surface area contributed by atoms with E-state index in [4.69, 9.17) is 22.3 Å². The van der Waals surface area contributed by atoms with Crippen LogP contribution in [0.5, 0.6) is 0 Å². The van der Waals surface area contributed by atoms with E-state index in [1.54, 1.807) is 34.7 Å². The summed E-state index contributed by atoms with van der Waals surface area (Å²) in [5.74, 6) is 1.27. The quantitative estimate of drug-likeness (QED) is 0.424. The van der Waals surface area contributed by atoms with E-state index in [0.717, 1.165) is 12.0 Å². The molecular weight excluding hydrogens is 492 g/mol. The lowest BCUT2D eigenvalue weighted by molar-refractivity contribution is 0.0796. The molecule has 4 aromatic rings. The smallest absolute Gasteiger partial charge is 0.267 e. The molecule has 2 aromatic heterocycles. The number of carbonyl (C=O) groups is 1. The molecule has 1 saturated heterocycles. The minimum Gasteiger partial charge on any atom is -0.368 e. The molecule has 1 amide bonds. The van der Waals surface area contributed by atoms with Gasteiger partial charge in [-0.25, -0.2) is 4.98 Å². The van der Waals surface area contributed by atoms with E-state index in [-0.39, 0.29) is 23.5 Å². The maximum absolute atomic E-state index is 14.0. The fourth-order valence-corrected chi connectivity index (χ4v) is 5.44. The van der Waals surface area contributed by atoms with Gasteiger partial charge in [0.25, 0.3) is 11.5 Å². The van der Waals surface area contributed by atoms with E-state index in [0.29, 0.717) is 64.3 Å². The number of carbonyl (C=O) groups excluding carboxylic acids is 1. The summed E-state index contributed by atoms with van der Waals surface area (Å²) in [6.45, 7) is 2.91. The number of halogens is 1. The molecule has 0 saturated carbocycles. The lowest BCUT2D eigenvalue weighted by atomic mass is 10.1. The first-order chi connectivity index (χ1) is 17.8. The Balaban J connectivity index is 1.60. The van der Waals surface area contributed by atoms with Gasteiger partial charge in [0.05, 0.1) is 34.3 Å². The predicted molar refractivity (Wildman–Crippen MR) is 143 cm³/mol. The largest absolute Gasteiger partial charge is 0.368 e. The minimum atomic E-state index is -0.338. The number of anilines is 3. The van der Waals surface area contributed by atoms with Crippen molar-refractivity contribution in [1.82, 2.24) is 24.4 Å². The van der Waals surface area contributed by atoms with Gasteiger partial charge in [-0.2, -0.15) is 9.97 Å². The first-order valence-electron chi connectivity index (χ1n) is 12.0. The van der Waals surface area contributed by atoms with Crippen molar-refractivity contribution in [1.29, 1.82) is 0 Å². The molecule has 0 spiro atoms. The summed E-state index contributed by atoms with van der Waals surface area (Å²) in [7, 11) is 1.71. The van der Waals surface area contributed by atoms with E-state index in [1.165, 1.54) is 0 Å². The second-order valence-corrected chi connectivity index (χ2v) is 9.81. The third-order valence-corrected chi connectivity index (χ3v) is 7.22. The monoisotopic (exact) mass is 516 g/mol. The molecule has 10 nitrogen and oxygen atoms in total. The van der Waals surface area contributed by atoms with Crippen molar-refractivity contribution < 1.29 is 4.79 Å². The van der Waals surface area contributed by atoms with Crippen LogP contribution >= 0.6 is 11.6 Å². The summed E-state index contributed by atoms with van der Waals surface area (Å²) in [6, 6.07) is 12.6. The minimum absolute atomic E-state index is 0.0681. The number of fused-ring (bicyclic) bond motifs is 2. The molecule has 0 aliphatic carbocycles. The van der Waals surface area contributed by atoms with Crippen LogP contribution in [0.25, 0.3) is 16.6 Å². The number of benzene rings is 2. The number of hydrogen-bond acceptors (Lipinski definition) is 8. The standard InChI is InChI=1S/C26H25ClN8O2/c1-14-6-3-7-15(12-14)35-22(30-17-9-4-8-16(27)19(17)25(35)37)18-10-5-11-34(18)23-20-21(31-26(28)32-23)29-13-33(2)24(20)36/h3-4,6-9,12,18H,5,10-11,13H2,1-2H3,(H3,28,29,31,32)/t18-/m0/s1. The van der Waals surface area contributed by atoms with Crippen molar-refractivity contribution in [2.75, 3.05) is 36.2 Å². The normalized spacial score (nSPS) is 17.3. The Bertz CT molecular complexity index is 1640. The highest BCUT2D eigenvalue weighted by molar-refractivity contribution is 6.35. The van der Waals surface area contributed by atoms with E-state index < -0.39 is 0 Å². The summed E-state index contributed by atoms with van der Waals surface area (Å²) < 4.78 is 1.63. The summed E-state index contributed by atoms with van der Waals surface area (Å²) in [4.78, 5) is 44.5. The Kier molecular flexibility index (Phi) is 5.49. The van der Waals surface area contributed by atoms with Crippen LogP contribution in [0.4, 0.5) is 17.6 Å². The van der Waals surface area contributed by atoms with Crippen LogP contribution in [-0.4, -0.2) is 50.6 Å². The SMILES string of the molecule is Cc1cccc(-n2c([C@@H]3CCCN3c3nc(N)nc4c3C(=O)N(C)CN4)nc3cccc(Cl)c3c2=O)c1. The van der Waals surface area contributed by atoms with Gasteiger partial charge < -0.3 is 20.9 Å². The van der Waals surface area contributed by atoms with Gasteiger partial charge in [-0.3, -0.25) is 14.2 Å². The van der Waals surface area contributed by atoms with Crippen molar-refractivity contribution in [3.05, 3.63) is 74.8 Å². The van der Waals surface area contributed by atoms with E-state index in [9.17, 15) is 9.59 Å². The zero-order valence-corrected chi connectivity index (χ0v) is 21.2. The van der Waals surface area contributed by atoms with Crippen LogP contribution in [-0.2, 0) is 0 Å². The van der Waals surface area contributed by atoms with Crippen molar-refractivity contribution in [2.45, 2.75) is 25.8 Å². The molecule has 2 aliphatic heterocycles. The van der Waals surface area contributed by atoms with Gasteiger partial charge in [0.1, 0.15) is 23.0 Å². The second kappa shape index (κ2) is 8.74. The highest BCUT2D eigenvalue weighted by Crippen LogP contribution is 2.40. The number of hydrogen-bond donors (Lipinski definition) is 2. The first-order valence-corrected chi connectivity index (χ1v) is 12.4. The predicted octanol–water partition coefficient (Wildman–Crippen LogP) is 3.52. The molecule has 2 aliphatic rings. The zero-order chi connectivity index (χ0) is 25.8. The number of nitrogens with zero attached hydrogens (tertiary/aromatic N) is 6. The fourth-order valence-electron chi connectivity index (χ4n) is 5.19. The lowest BCUT2D eigenvalue weighted by Gasteiger charge is -2.32.